The first kappa shape index (κ1) is 9.24. The third-order valence-electron chi connectivity index (χ3n) is 1.00. The zero-order chi connectivity index (χ0) is 8.20. The predicted molar refractivity (Wildman–Crippen MR) is 32.8 cm³/mol. The maximum Gasteiger partial charge on any atom is 0.241 e. The van der Waals surface area contributed by atoms with E-state index >= 15 is 0 Å². The van der Waals surface area contributed by atoms with E-state index in [4.69, 9.17) is 0 Å². The van der Waals surface area contributed by atoms with Gasteiger partial charge in [0.1, 0.15) is 0 Å². The highest BCUT2D eigenvalue weighted by atomic mass is 19.3. The van der Waals surface area contributed by atoms with E-state index in [0.29, 0.717) is 0 Å². The smallest absolute Gasteiger partial charge is 0.211 e. The largest absolute Gasteiger partial charge is 0.241 e. The lowest BCUT2D eigenvalue weighted by atomic mass is 10.0. The summed E-state index contributed by atoms with van der Waals surface area (Å²) in [4.78, 5) is 12.9. The van der Waals surface area contributed by atoms with Crippen molar-refractivity contribution < 1.29 is 13.6 Å². The third kappa shape index (κ3) is 4.15. The Bertz CT molecular complexity index is 150. The number of halogens is 2. The fraction of sp³-hybridized carbons (Fsp3) is 0.833. The van der Waals surface area contributed by atoms with Gasteiger partial charge in [-0.15, -0.1) is 0 Å². The van der Waals surface area contributed by atoms with Gasteiger partial charge in [-0.05, 0) is 13.8 Å². The lowest BCUT2D eigenvalue weighted by Crippen LogP contribution is -2.19. The Kier molecular flexibility index (Phi) is 3.16. The molecule has 0 rings (SSSR count). The van der Waals surface area contributed by atoms with Crippen LogP contribution >= 0.6 is 0 Å². The van der Waals surface area contributed by atoms with Gasteiger partial charge in [0.2, 0.25) is 12.5 Å². The molecule has 0 heterocycles. The SMILES string of the molecule is CC(C)(CC(F)F)N=C=O. The minimum absolute atomic E-state index is 0.401. The van der Waals surface area contributed by atoms with Crippen LogP contribution in [-0.2, 0) is 4.79 Å². The van der Waals surface area contributed by atoms with E-state index in [2.05, 4.69) is 4.99 Å². The molecule has 0 N–H and O–H groups in total. The summed E-state index contributed by atoms with van der Waals surface area (Å²) >= 11 is 0. The van der Waals surface area contributed by atoms with Crippen LogP contribution in [0.15, 0.2) is 4.99 Å². The van der Waals surface area contributed by atoms with E-state index in [0.717, 1.165) is 0 Å². The molecule has 10 heavy (non-hydrogen) atoms. The Morgan fingerprint density at radius 3 is 2.40 bits per heavy atom. The zero-order valence-corrected chi connectivity index (χ0v) is 5.90. The first-order valence-corrected chi connectivity index (χ1v) is 2.85. The summed E-state index contributed by atoms with van der Waals surface area (Å²) in [7, 11) is 0. The molecule has 0 saturated carbocycles. The fourth-order valence-electron chi connectivity index (χ4n) is 0.547. The molecule has 0 aliphatic carbocycles. The Balaban J connectivity index is 3.98. The topological polar surface area (TPSA) is 29.4 Å². The van der Waals surface area contributed by atoms with Crippen molar-refractivity contribution in [3.8, 4) is 0 Å². The molecule has 0 aromatic rings. The predicted octanol–water partition coefficient (Wildman–Crippen LogP) is 1.76. The van der Waals surface area contributed by atoms with Gasteiger partial charge in [0.25, 0.3) is 0 Å². The molecular formula is C6H9F2NO. The van der Waals surface area contributed by atoms with Gasteiger partial charge in [-0.3, -0.25) is 0 Å². The summed E-state index contributed by atoms with van der Waals surface area (Å²) in [5.41, 5.74) is -0.976. The van der Waals surface area contributed by atoms with Gasteiger partial charge in [0, 0.05) is 6.42 Å². The highest BCUT2D eigenvalue weighted by Gasteiger charge is 2.21. The van der Waals surface area contributed by atoms with Crippen molar-refractivity contribution in [3.63, 3.8) is 0 Å². The minimum atomic E-state index is -2.42. The van der Waals surface area contributed by atoms with Gasteiger partial charge >= 0.3 is 0 Å². The molecule has 0 aliphatic rings. The van der Waals surface area contributed by atoms with E-state index in [1.165, 1.54) is 19.9 Å². The van der Waals surface area contributed by atoms with Gasteiger partial charge in [-0.1, -0.05) is 0 Å². The average Bonchev–Trinajstić information content (AvgIpc) is 1.59. The standard InChI is InChI=1S/C6H9F2NO/c1-6(2,9-4-10)3-5(7)8/h5H,3H2,1-2H3. The van der Waals surface area contributed by atoms with E-state index in [-0.39, 0.29) is 0 Å². The summed E-state index contributed by atoms with van der Waals surface area (Å²) in [5, 5.41) is 0. The van der Waals surface area contributed by atoms with E-state index in [1.54, 1.807) is 0 Å². The van der Waals surface area contributed by atoms with Crippen LogP contribution in [0.25, 0.3) is 0 Å². The molecule has 0 radical (unpaired) electrons. The number of hydrogen-bond donors (Lipinski definition) is 0. The lowest BCUT2D eigenvalue weighted by Gasteiger charge is -2.15. The van der Waals surface area contributed by atoms with Crippen molar-refractivity contribution in [1.29, 1.82) is 0 Å². The molecule has 4 heteroatoms. The fourth-order valence-corrected chi connectivity index (χ4v) is 0.547. The first-order valence-electron chi connectivity index (χ1n) is 2.85. The maximum atomic E-state index is 11.7. The summed E-state index contributed by atoms with van der Waals surface area (Å²) in [6.45, 7) is 2.92. The minimum Gasteiger partial charge on any atom is -0.211 e. The monoisotopic (exact) mass is 149 g/mol. The van der Waals surface area contributed by atoms with Crippen LogP contribution in [0.3, 0.4) is 0 Å². The molecular weight excluding hydrogens is 140 g/mol. The number of aliphatic imine (C=N–C) groups is 1. The quantitative estimate of drug-likeness (QED) is 0.444. The van der Waals surface area contributed by atoms with Crippen molar-refractivity contribution in [2.45, 2.75) is 32.2 Å². The number of rotatable bonds is 3. The Labute approximate surface area is 58.0 Å². The van der Waals surface area contributed by atoms with Crippen molar-refractivity contribution in [2.24, 2.45) is 4.99 Å². The number of isocyanates is 1. The number of alkyl halides is 2. The number of nitrogens with zero attached hydrogens (tertiary/aromatic N) is 1. The van der Waals surface area contributed by atoms with E-state index in [1.807, 2.05) is 0 Å². The molecule has 2 nitrogen and oxygen atoms in total. The Morgan fingerprint density at radius 1 is 1.60 bits per heavy atom. The summed E-state index contributed by atoms with van der Waals surface area (Å²) in [5.74, 6) is 0. The molecule has 0 saturated heterocycles. The van der Waals surface area contributed by atoms with Gasteiger partial charge in [0.15, 0.2) is 0 Å². The molecule has 0 unspecified atom stereocenters. The molecule has 0 amide bonds. The molecule has 0 atom stereocenters. The van der Waals surface area contributed by atoms with Crippen LogP contribution in [0.5, 0.6) is 0 Å². The van der Waals surface area contributed by atoms with Crippen molar-refractivity contribution in [2.75, 3.05) is 0 Å². The molecule has 0 aromatic heterocycles. The second-order valence-electron chi connectivity index (χ2n) is 2.61. The lowest BCUT2D eigenvalue weighted by molar-refractivity contribution is 0.114. The number of hydrogen-bond acceptors (Lipinski definition) is 2. The number of carbonyl (C=O) groups excluding carboxylic acids is 1. The van der Waals surface area contributed by atoms with Gasteiger partial charge in [-0.25, -0.2) is 13.6 Å². The Hall–Kier alpha value is -0.760. The average molecular weight is 149 g/mol. The second kappa shape index (κ2) is 3.42. The highest BCUT2D eigenvalue weighted by molar-refractivity contribution is 5.34. The second-order valence-corrected chi connectivity index (χ2v) is 2.61. The Morgan fingerprint density at radius 2 is 2.10 bits per heavy atom. The van der Waals surface area contributed by atoms with Crippen molar-refractivity contribution in [3.05, 3.63) is 0 Å². The van der Waals surface area contributed by atoms with Gasteiger partial charge in [0.05, 0.1) is 5.54 Å². The van der Waals surface area contributed by atoms with Crippen LogP contribution in [0, 0.1) is 0 Å². The molecule has 0 fully saturated rings. The molecule has 0 aromatic carbocycles. The molecule has 0 bridgehead atoms. The van der Waals surface area contributed by atoms with Crippen molar-refractivity contribution >= 4 is 6.08 Å². The van der Waals surface area contributed by atoms with Gasteiger partial charge < -0.3 is 0 Å². The van der Waals surface area contributed by atoms with Crippen molar-refractivity contribution in [1.82, 2.24) is 0 Å². The maximum absolute atomic E-state index is 11.7. The van der Waals surface area contributed by atoms with Gasteiger partial charge in [-0.2, -0.15) is 4.99 Å². The van der Waals surface area contributed by atoms with Crippen LogP contribution in [0.1, 0.15) is 20.3 Å². The first-order chi connectivity index (χ1) is 4.48. The summed E-state index contributed by atoms with van der Waals surface area (Å²) < 4.78 is 23.3. The van der Waals surface area contributed by atoms with Crippen LogP contribution in [0.4, 0.5) is 8.78 Å². The molecule has 0 aliphatic heterocycles. The van der Waals surface area contributed by atoms with E-state index in [9.17, 15) is 13.6 Å². The highest BCUT2D eigenvalue weighted by Crippen LogP contribution is 2.18. The van der Waals surface area contributed by atoms with E-state index < -0.39 is 18.4 Å². The molecule has 58 valence electrons. The van der Waals surface area contributed by atoms with Crippen LogP contribution < -0.4 is 0 Å². The van der Waals surface area contributed by atoms with Crippen LogP contribution in [0.2, 0.25) is 0 Å². The summed E-state index contributed by atoms with van der Waals surface area (Å²) in [6, 6.07) is 0. The summed E-state index contributed by atoms with van der Waals surface area (Å²) in [6.07, 6.45) is -1.57. The third-order valence-corrected chi connectivity index (χ3v) is 1.00. The van der Waals surface area contributed by atoms with Crippen LogP contribution in [-0.4, -0.2) is 18.0 Å². The normalized spacial score (nSPS) is 11.3. The zero-order valence-electron chi connectivity index (χ0n) is 5.90. The molecule has 0 spiro atoms.